The standard InChI is InChI=1S/C14H13F3O3S/c1-3-21-12-6-11(19)10-5-8(14(15,16)17)4-9(7(2)18)13(10)20-12/h4-7,18H,3H2,1-2H3. The number of hydrogen-bond donors (Lipinski definition) is 1. The van der Waals surface area contributed by atoms with E-state index < -0.39 is 23.3 Å². The molecule has 1 aromatic carbocycles. The highest BCUT2D eigenvalue weighted by Gasteiger charge is 2.32. The Labute approximate surface area is 122 Å². The molecule has 0 aliphatic rings. The van der Waals surface area contributed by atoms with E-state index >= 15 is 0 Å². The van der Waals surface area contributed by atoms with E-state index in [1.165, 1.54) is 24.8 Å². The lowest BCUT2D eigenvalue weighted by atomic mass is 10.0. The van der Waals surface area contributed by atoms with Crippen molar-refractivity contribution < 1.29 is 22.7 Å². The van der Waals surface area contributed by atoms with Crippen molar-refractivity contribution in [3.8, 4) is 0 Å². The van der Waals surface area contributed by atoms with Crippen molar-refractivity contribution in [2.24, 2.45) is 0 Å². The zero-order valence-electron chi connectivity index (χ0n) is 11.3. The van der Waals surface area contributed by atoms with Crippen LogP contribution in [0.2, 0.25) is 0 Å². The molecule has 1 N–H and O–H groups in total. The van der Waals surface area contributed by atoms with Gasteiger partial charge in [-0.15, -0.1) is 0 Å². The maximum Gasteiger partial charge on any atom is 0.416 e. The second kappa shape index (κ2) is 5.73. The summed E-state index contributed by atoms with van der Waals surface area (Å²) in [6.07, 6.45) is -5.78. The molecule has 1 heterocycles. The molecule has 0 saturated heterocycles. The van der Waals surface area contributed by atoms with Crippen LogP contribution in [0.5, 0.6) is 0 Å². The summed E-state index contributed by atoms with van der Waals surface area (Å²) in [6, 6.07) is 2.74. The van der Waals surface area contributed by atoms with Gasteiger partial charge in [0.25, 0.3) is 0 Å². The third-order valence-corrected chi connectivity index (χ3v) is 3.67. The van der Waals surface area contributed by atoms with Gasteiger partial charge in [-0.3, -0.25) is 4.79 Å². The second-order valence-electron chi connectivity index (χ2n) is 4.48. The summed E-state index contributed by atoms with van der Waals surface area (Å²) in [5.41, 5.74) is -1.58. The van der Waals surface area contributed by atoms with E-state index in [9.17, 15) is 23.1 Å². The summed E-state index contributed by atoms with van der Waals surface area (Å²) in [7, 11) is 0. The van der Waals surface area contributed by atoms with Crippen LogP contribution >= 0.6 is 11.8 Å². The van der Waals surface area contributed by atoms with Crippen molar-refractivity contribution >= 4 is 22.7 Å². The molecule has 1 atom stereocenters. The minimum atomic E-state index is -4.60. The van der Waals surface area contributed by atoms with E-state index in [1.807, 2.05) is 6.92 Å². The van der Waals surface area contributed by atoms with Crippen LogP contribution in [-0.4, -0.2) is 10.9 Å². The lowest BCUT2D eigenvalue weighted by Gasteiger charge is -2.13. The number of aliphatic hydroxyl groups is 1. The second-order valence-corrected chi connectivity index (χ2v) is 5.75. The number of aliphatic hydroxyl groups excluding tert-OH is 1. The monoisotopic (exact) mass is 318 g/mol. The molecule has 0 aliphatic carbocycles. The SMILES string of the molecule is CCSc1cc(=O)c2cc(C(F)(F)F)cc(C(C)O)c2o1. The highest BCUT2D eigenvalue weighted by Crippen LogP contribution is 2.35. The Bertz CT molecular complexity index is 720. The predicted octanol–water partition coefficient (Wildman–Crippen LogP) is 3.98. The first-order valence-corrected chi connectivity index (χ1v) is 7.22. The van der Waals surface area contributed by atoms with Crippen LogP contribution in [-0.2, 0) is 6.18 Å². The molecular weight excluding hydrogens is 305 g/mol. The Kier molecular flexibility index (Phi) is 4.34. The van der Waals surface area contributed by atoms with E-state index in [-0.39, 0.29) is 16.5 Å². The molecule has 0 amide bonds. The first-order valence-electron chi connectivity index (χ1n) is 6.24. The van der Waals surface area contributed by atoms with Crippen LogP contribution in [0.1, 0.15) is 31.1 Å². The summed E-state index contributed by atoms with van der Waals surface area (Å²) in [6.45, 7) is 3.19. The first-order chi connectivity index (χ1) is 9.74. The van der Waals surface area contributed by atoms with Gasteiger partial charge in [-0.2, -0.15) is 13.2 Å². The molecule has 3 nitrogen and oxygen atoms in total. The van der Waals surface area contributed by atoms with Crippen LogP contribution in [0.15, 0.2) is 32.5 Å². The number of hydrogen-bond acceptors (Lipinski definition) is 4. The zero-order chi connectivity index (χ0) is 15.8. The first kappa shape index (κ1) is 15.9. The lowest BCUT2D eigenvalue weighted by molar-refractivity contribution is -0.137. The molecule has 2 aromatic rings. The molecule has 0 radical (unpaired) electrons. The van der Waals surface area contributed by atoms with Gasteiger partial charge >= 0.3 is 6.18 Å². The van der Waals surface area contributed by atoms with E-state index in [4.69, 9.17) is 4.42 Å². The molecule has 7 heteroatoms. The molecule has 0 aliphatic heterocycles. The molecule has 2 rings (SSSR count). The van der Waals surface area contributed by atoms with E-state index in [0.717, 1.165) is 12.1 Å². The summed E-state index contributed by atoms with van der Waals surface area (Å²) in [4.78, 5) is 12.0. The van der Waals surface area contributed by atoms with Gasteiger partial charge in [0, 0.05) is 11.6 Å². The van der Waals surface area contributed by atoms with Gasteiger partial charge in [-0.1, -0.05) is 18.7 Å². The van der Waals surface area contributed by atoms with Gasteiger partial charge in [0.2, 0.25) is 0 Å². The van der Waals surface area contributed by atoms with Gasteiger partial charge in [-0.25, -0.2) is 0 Å². The highest BCUT2D eigenvalue weighted by atomic mass is 32.2. The molecule has 0 saturated carbocycles. The Hall–Kier alpha value is -1.47. The Morgan fingerprint density at radius 2 is 2.00 bits per heavy atom. The average molecular weight is 318 g/mol. The van der Waals surface area contributed by atoms with Gasteiger partial charge in [-0.05, 0) is 24.8 Å². The smallest absolute Gasteiger partial charge is 0.416 e. The molecule has 0 bridgehead atoms. The summed E-state index contributed by atoms with van der Waals surface area (Å²) < 4.78 is 44.1. The molecule has 0 spiro atoms. The minimum absolute atomic E-state index is 0.00134. The molecule has 1 unspecified atom stereocenters. The highest BCUT2D eigenvalue weighted by molar-refractivity contribution is 7.99. The zero-order valence-corrected chi connectivity index (χ0v) is 12.1. The molecule has 114 valence electrons. The molecule has 1 aromatic heterocycles. The van der Waals surface area contributed by atoms with Crippen molar-refractivity contribution in [3.05, 3.63) is 39.5 Å². The maximum absolute atomic E-state index is 12.9. The number of benzene rings is 1. The quantitative estimate of drug-likeness (QED) is 0.870. The number of halogens is 3. The molecular formula is C14H13F3O3S. The van der Waals surface area contributed by atoms with Crippen molar-refractivity contribution in [1.29, 1.82) is 0 Å². The maximum atomic E-state index is 12.9. The van der Waals surface area contributed by atoms with Crippen molar-refractivity contribution in [2.75, 3.05) is 5.75 Å². The fourth-order valence-corrected chi connectivity index (χ4v) is 2.57. The third-order valence-electron chi connectivity index (χ3n) is 2.90. The third kappa shape index (κ3) is 3.24. The summed E-state index contributed by atoms with van der Waals surface area (Å²) in [5, 5.41) is 9.82. The topological polar surface area (TPSA) is 50.4 Å². The van der Waals surface area contributed by atoms with Gasteiger partial charge in [0.15, 0.2) is 10.5 Å². The Balaban J connectivity index is 2.82. The van der Waals surface area contributed by atoms with Gasteiger partial charge < -0.3 is 9.52 Å². The van der Waals surface area contributed by atoms with Gasteiger partial charge in [0.1, 0.15) is 5.58 Å². The van der Waals surface area contributed by atoms with Crippen LogP contribution in [0.4, 0.5) is 13.2 Å². The number of fused-ring (bicyclic) bond motifs is 1. The summed E-state index contributed by atoms with van der Waals surface area (Å²) in [5.74, 6) is 0.652. The van der Waals surface area contributed by atoms with Crippen molar-refractivity contribution in [2.45, 2.75) is 31.2 Å². The van der Waals surface area contributed by atoms with E-state index in [0.29, 0.717) is 10.8 Å². The van der Waals surface area contributed by atoms with Crippen molar-refractivity contribution in [3.63, 3.8) is 0 Å². The fourth-order valence-electron chi connectivity index (χ4n) is 1.95. The molecule has 0 fully saturated rings. The van der Waals surface area contributed by atoms with Crippen LogP contribution < -0.4 is 5.43 Å². The Morgan fingerprint density at radius 3 is 2.52 bits per heavy atom. The number of alkyl halides is 3. The largest absolute Gasteiger partial charge is 0.449 e. The van der Waals surface area contributed by atoms with Gasteiger partial charge in [0.05, 0.1) is 17.1 Å². The van der Waals surface area contributed by atoms with Crippen molar-refractivity contribution in [1.82, 2.24) is 0 Å². The van der Waals surface area contributed by atoms with Crippen LogP contribution in [0.25, 0.3) is 11.0 Å². The van der Waals surface area contributed by atoms with E-state index in [1.54, 1.807) is 0 Å². The molecule has 21 heavy (non-hydrogen) atoms. The summed E-state index contributed by atoms with van der Waals surface area (Å²) >= 11 is 1.26. The lowest BCUT2D eigenvalue weighted by Crippen LogP contribution is -2.10. The Morgan fingerprint density at radius 1 is 1.33 bits per heavy atom. The fraction of sp³-hybridized carbons (Fsp3) is 0.357. The average Bonchev–Trinajstić information content (AvgIpc) is 2.36. The number of rotatable bonds is 3. The van der Waals surface area contributed by atoms with Crippen LogP contribution in [0, 0.1) is 0 Å². The van der Waals surface area contributed by atoms with E-state index in [2.05, 4.69) is 0 Å². The normalized spacial score (nSPS) is 13.6. The van der Waals surface area contributed by atoms with Crippen LogP contribution in [0.3, 0.4) is 0 Å². The predicted molar refractivity (Wildman–Crippen MR) is 74.5 cm³/mol. The number of thioether (sulfide) groups is 1. The minimum Gasteiger partial charge on any atom is -0.449 e.